The van der Waals surface area contributed by atoms with Crippen molar-refractivity contribution in [1.82, 2.24) is 0 Å². The number of hydrogen-bond acceptors (Lipinski definition) is 4. The molecule has 4 nitrogen and oxygen atoms in total. The van der Waals surface area contributed by atoms with Gasteiger partial charge in [0.1, 0.15) is 0 Å². The molecule has 0 bridgehead atoms. The SMILES string of the molecule is CCOC(=O)c1ccc(C(=O)OCCCCC(I)CC(F)(F)C(F)(F)C(F)(F)C(F)(F)C(F)(F)C(C)(F)F)cc1. The second-order valence-corrected chi connectivity index (χ2v) is 10.4. The number of hydrogen-bond donors (Lipinski definition) is 0. The topological polar surface area (TPSA) is 52.6 Å². The van der Waals surface area contributed by atoms with Crippen LogP contribution in [0.25, 0.3) is 0 Å². The smallest absolute Gasteiger partial charge is 0.384 e. The summed E-state index contributed by atoms with van der Waals surface area (Å²) < 4.78 is 171. The third-order valence-electron chi connectivity index (χ3n) is 5.45. The van der Waals surface area contributed by atoms with E-state index < -0.39 is 71.2 Å². The number of alkyl halides is 13. The van der Waals surface area contributed by atoms with Gasteiger partial charge in [-0.15, -0.1) is 0 Å². The van der Waals surface area contributed by atoms with Crippen LogP contribution >= 0.6 is 22.6 Å². The lowest BCUT2D eigenvalue weighted by atomic mass is 9.90. The molecule has 1 rings (SSSR count). The van der Waals surface area contributed by atoms with Crippen molar-refractivity contribution in [2.24, 2.45) is 0 Å². The number of carbonyl (C=O) groups is 2. The van der Waals surface area contributed by atoms with E-state index in [1.807, 2.05) is 0 Å². The largest absolute Gasteiger partial charge is 0.462 e. The molecule has 0 radical (unpaired) electrons. The summed E-state index contributed by atoms with van der Waals surface area (Å²) in [7, 11) is 0. The zero-order valence-corrected chi connectivity index (χ0v) is 22.8. The third-order valence-corrected chi connectivity index (χ3v) is 6.51. The van der Waals surface area contributed by atoms with Crippen LogP contribution in [0.2, 0.25) is 0 Å². The molecule has 0 saturated carbocycles. The summed E-state index contributed by atoms with van der Waals surface area (Å²) in [4.78, 5) is 23.6. The number of ether oxygens (including phenoxy) is 2. The van der Waals surface area contributed by atoms with Crippen molar-refractivity contribution < 1.29 is 71.7 Å². The maximum absolute atomic E-state index is 14.1. The molecule has 0 aliphatic carbocycles. The first-order chi connectivity index (χ1) is 18.0. The van der Waals surface area contributed by atoms with E-state index in [2.05, 4.69) is 0 Å². The number of benzene rings is 1. The highest BCUT2D eigenvalue weighted by molar-refractivity contribution is 14.1. The molecular weight excluding hydrogens is 695 g/mol. The number of carbonyl (C=O) groups excluding carboxylic acids is 2. The van der Waals surface area contributed by atoms with E-state index in [-0.39, 0.29) is 37.2 Å². The first-order valence-electron chi connectivity index (χ1n) is 11.3. The summed E-state index contributed by atoms with van der Waals surface area (Å²) in [5.41, 5.74) is 0.193. The Labute approximate surface area is 233 Å². The lowest BCUT2D eigenvalue weighted by Gasteiger charge is -2.41. The highest BCUT2D eigenvalue weighted by atomic mass is 127. The molecule has 0 fully saturated rings. The lowest BCUT2D eigenvalue weighted by Crippen LogP contribution is -2.70. The van der Waals surface area contributed by atoms with E-state index >= 15 is 0 Å². The summed E-state index contributed by atoms with van der Waals surface area (Å²) in [5, 5.41) is 0. The molecule has 0 aliphatic rings. The Morgan fingerprint density at radius 1 is 0.725 bits per heavy atom. The van der Waals surface area contributed by atoms with Crippen LogP contribution in [-0.2, 0) is 9.47 Å². The van der Waals surface area contributed by atoms with Gasteiger partial charge in [-0.3, -0.25) is 0 Å². The van der Waals surface area contributed by atoms with Crippen molar-refractivity contribution in [2.75, 3.05) is 13.2 Å². The van der Waals surface area contributed by atoms with Crippen LogP contribution in [0.15, 0.2) is 24.3 Å². The predicted molar refractivity (Wildman–Crippen MR) is 124 cm³/mol. The second kappa shape index (κ2) is 12.9. The van der Waals surface area contributed by atoms with Crippen LogP contribution in [0.5, 0.6) is 0 Å². The molecule has 40 heavy (non-hydrogen) atoms. The fraction of sp³-hybridized carbons (Fsp3) is 0.652. The van der Waals surface area contributed by atoms with Gasteiger partial charge in [-0.2, -0.15) is 52.7 Å². The highest BCUT2D eigenvalue weighted by Crippen LogP contribution is 2.60. The number of unbranched alkanes of at least 4 members (excludes halogenated alkanes) is 1. The fourth-order valence-corrected chi connectivity index (χ4v) is 4.07. The van der Waals surface area contributed by atoms with Crippen molar-refractivity contribution in [2.45, 2.75) is 79.0 Å². The number of halogens is 13. The van der Waals surface area contributed by atoms with Gasteiger partial charge >= 0.3 is 47.5 Å². The molecule has 0 amide bonds. The Balaban J connectivity index is 2.71. The molecule has 0 aliphatic heterocycles. The average molecular weight is 718 g/mol. The van der Waals surface area contributed by atoms with Gasteiger partial charge in [0, 0.05) is 17.3 Å². The van der Waals surface area contributed by atoms with Crippen LogP contribution in [0.1, 0.15) is 60.2 Å². The van der Waals surface area contributed by atoms with E-state index in [0.717, 1.165) is 22.6 Å². The molecular formula is C23H23F12IO4. The van der Waals surface area contributed by atoms with E-state index in [9.17, 15) is 62.3 Å². The summed E-state index contributed by atoms with van der Waals surface area (Å²) in [6, 6.07) is 5.10. The zero-order chi connectivity index (χ0) is 31.4. The van der Waals surface area contributed by atoms with Crippen LogP contribution in [0, 0.1) is 0 Å². The maximum atomic E-state index is 14.1. The molecule has 0 heterocycles. The first kappa shape index (κ1) is 36.1. The monoisotopic (exact) mass is 718 g/mol. The molecule has 230 valence electrons. The summed E-state index contributed by atoms with van der Waals surface area (Å²) >= 11 is 1.11. The normalized spacial score (nSPS) is 14.6. The third kappa shape index (κ3) is 7.46. The highest BCUT2D eigenvalue weighted by Gasteiger charge is 2.89. The molecule has 1 atom stereocenters. The lowest BCUT2D eigenvalue weighted by molar-refractivity contribution is -0.423. The van der Waals surface area contributed by atoms with Crippen LogP contribution < -0.4 is 0 Å². The van der Waals surface area contributed by atoms with Gasteiger partial charge in [-0.1, -0.05) is 22.6 Å². The maximum Gasteiger partial charge on any atom is 0.384 e. The molecule has 0 N–H and O–H groups in total. The van der Waals surface area contributed by atoms with Gasteiger partial charge in [-0.05, 0) is 50.5 Å². The minimum Gasteiger partial charge on any atom is -0.462 e. The first-order valence-corrected chi connectivity index (χ1v) is 12.6. The fourth-order valence-electron chi connectivity index (χ4n) is 3.08. The Morgan fingerprint density at radius 2 is 1.15 bits per heavy atom. The quantitative estimate of drug-likeness (QED) is 0.0604. The van der Waals surface area contributed by atoms with Crippen molar-refractivity contribution in [3.63, 3.8) is 0 Å². The van der Waals surface area contributed by atoms with Crippen LogP contribution in [0.3, 0.4) is 0 Å². The molecule has 1 aromatic rings. The van der Waals surface area contributed by atoms with Gasteiger partial charge in [-0.25, -0.2) is 9.59 Å². The van der Waals surface area contributed by atoms with E-state index in [1.165, 1.54) is 24.3 Å². The second-order valence-electron chi connectivity index (χ2n) is 8.62. The zero-order valence-electron chi connectivity index (χ0n) is 20.7. The van der Waals surface area contributed by atoms with Gasteiger partial charge in [0.15, 0.2) is 0 Å². The number of rotatable bonds is 15. The minimum absolute atomic E-state index is 0.0332. The summed E-state index contributed by atoms with van der Waals surface area (Å²) in [5.74, 6) is -42.8. The molecule has 1 aromatic carbocycles. The van der Waals surface area contributed by atoms with E-state index in [4.69, 9.17) is 9.47 Å². The average Bonchev–Trinajstić information content (AvgIpc) is 2.82. The van der Waals surface area contributed by atoms with Crippen LogP contribution in [0.4, 0.5) is 52.7 Å². The van der Waals surface area contributed by atoms with Crippen molar-refractivity contribution >= 4 is 34.5 Å². The Hall–Kier alpha value is -1.95. The van der Waals surface area contributed by atoms with Gasteiger partial charge in [0.25, 0.3) is 0 Å². The molecule has 1 unspecified atom stereocenters. The Morgan fingerprint density at radius 3 is 1.57 bits per heavy atom. The Bertz CT molecular complexity index is 1010. The van der Waals surface area contributed by atoms with E-state index in [0.29, 0.717) is 0 Å². The molecule has 0 saturated heterocycles. The number of esters is 2. The summed E-state index contributed by atoms with van der Waals surface area (Å²) in [6.07, 6.45) is -2.76. The van der Waals surface area contributed by atoms with Crippen LogP contribution in [-0.4, -0.2) is 64.6 Å². The van der Waals surface area contributed by atoms with Crippen molar-refractivity contribution in [3.05, 3.63) is 35.4 Å². The molecule has 0 spiro atoms. The molecule has 17 heteroatoms. The Kier molecular flexibility index (Phi) is 11.7. The van der Waals surface area contributed by atoms with Gasteiger partial charge in [0.2, 0.25) is 0 Å². The van der Waals surface area contributed by atoms with Gasteiger partial charge in [0.05, 0.1) is 24.3 Å². The predicted octanol–water partition coefficient (Wildman–Crippen LogP) is 8.22. The van der Waals surface area contributed by atoms with Crippen molar-refractivity contribution in [3.8, 4) is 0 Å². The molecule has 0 aromatic heterocycles. The minimum atomic E-state index is -7.56. The van der Waals surface area contributed by atoms with E-state index in [1.54, 1.807) is 6.92 Å². The summed E-state index contributed by atoms with van der Waals surface area (Å²) in [6.45, 7) is 0.461. The van der Waals surface area contributed by atoms with Crippen molar-refractivity contribution in [1.29, 1.82) is 0 Å². The van der Waals surface area contributed by atoms with Gasteiger partial charge < -0.3 is 9.47 Å². The standard InChI is InChI=1S/C23H23F12IO4/c1-3-39-16(37)13-7-9-14(10-8-13)17(38)40-11-5-4-6-15(36)12-19(26,27)21(30,31)23(34,35)22(32,33)20(28,29)18(2,24)25/h7-10,15H,3-6,11-12H2,1-2H3.